The molecule has 1 aromatic carbocycles. The summed E-state index contributed by atoms with van der Waals surface area (Å²) in [4.78, 5) is 14.5. The minimum atomic E-state index is -0.461. The summed E-state index contributed by atoms with van der Waals surface area (Å²) in [5.74, 6) is 0.551. The van der Waals surface area contributed by atoms with Crippen molar-refractivity contribution in [3.63, 3.8) is 0 Å². The van der Waals surface area contributed by atoms with Crippen LogP contribution in [0.3, 0.4) is 0 Å². The molecule has 1 saturated heterocycles. The first kappa shape index (κ1) is 17.8. The number of amides is 1. The molecule has 4 nitrogen and oxygen atoms in total. The van der Waals surface area contributed by atoms with Gasteiger partial charge in [0.1, 0.15) is 5.60 Å². The van der Waals surface area contributed by atoms with Crippen LogP contribution in [-0.2, 0) is 11.3 Å². The lowest BCUT2D eigenvalue weighted by molar-refractivity contribution is 0.0363. The van der Waals surface area contributed by atoms with Gasteiger partial charge < -0.3 is 10.1 Å². The van der Waals surface area contributed by atoms with E-state index in [2.05, 4.69) is 48.3 Å². The summed E-state index contributed by atoms with van der Waals surface area (Å²) in [7, 11) is 0. The Balaban J connectivity index is 1.99. The molecule has 1 heterocycles. The minimum absolute atomic E-state index is 0.123. The molecule has 1 fully saturated rings. The number of nitrogens with one attached hydrogen (secondary N) is 1. The van der Waals surface area contributed by atoms with Crippen LogP contribution in [-0.4, -0.2) is 35.2 Å². The summed E-state index contributed by atoms with van der Waals surface area (Å²) in [6.45, 7) is 12.1. The zero-order valence-corrected chi connectivity index (χ0v) is 15.0. The smallest absolute Gasteiger partial charge is 0.407 e. The van der Waals surface area contributed by atoms with Crippen molar-refractivity contribution < 1.29 is 9.53 Å². The lowest BCUT2D eigenvalue weighted by Crippen LogP contribution is -2.56. The van der Waals surface area contributed by atoms with E-state index in [1.807, 2.05) is 26.8 Å². The summed E-state index contributed by atoms with van der Waals surface area (Å²) < 4.78 is 5.41. The van der Waals surface area contributed by atoms with Crippen molar-refractivity contribution in [3.05, 3.63) is 35.9 Å². The average Bonchev–Trinajstić information content (AvgIpc) is 2.43. The second-order valence-electron chi connectivity index (χ2n) is 7.75. The fraction of sp³-hybridized carbons (Fsp3) is 0.632. The number of carbonyl (C=O) groups is 1. The van der Waals surface area contributed by atoms with Gasteiger partial charge in [-0.1, -0.05) is 37.3 Å². The van der Waals surface area contributed by atoms with Crippen molar-refractivity contribution in [1.82, 2.24) is 10.2 Å². The van der Waals surface area contributed by atoms with Gasteiger partial charge in [-0.25, -0.2) is 4.79 Å². The summed E-state index contributed by atoms with van der Waals surface area (Å²) in [6, 6.07) is 10.9. The third-order valence-electron chi connectivity index (χ3n) is 4.29. The number of benzene rings is 1. The SMILES string of the molecule is CC1CC(NC(=O)OC(C)(C)C)C(C)N(Cc2ccccc2)C1. The highest BCUT2D eigenvalue weighted by atomic mass is 16.6. The van der Waals surface area contributed by atoms with Crippen LogP contribution >= 0.6 is 0 Å². The Labute approximate surface area is 140 Å². The van der Waals surface area contributed by atoms with Gasteiger partial charge in [0.25, 0.3) is 0 Å². The lowest BCUT2D eigenvalue weighted by atomic mass is 9.90. The van der Waals surface area contributed by atoms with Gasteiger partial charge in [0.15, 0.2) is 0 Å². The maximum absolute atomic E-state index is 12.1. The molecule has 2 rings (SSSR count). The number of hydrogen-bond acceptors (Lipinski definition) is 3. The number of piperidine rings is 1. The third kappa shape index (κ3) is 5.54. The van der Waals surface area contributed by atoms with Gasteiger partial charge in [-0.05, 0) is 45.6 Å². The van der Waals surface area contributed by atoms with Gasteiger partial charge in [-0.3, -0.25) is 4.90 Å². The van der Waals surface area contributed by atoms with E-state index in [0.29, 0.717) is 12.0 Å². The van der Waals surface area contributed by atoms with E-state index >= 15 is 0 Å². The topological polar surface area (TPSA) is 41.6 Å². The van der Waals surface area contributed by atoms with Crippen molar-refractivity contribution in [2.45, 2.75) is 65.3 Å². The molecule has 0 aliphatic carbocycles. The number of likely N-dealkylation sites (tertiary alicyclic amines) is 1. The fourth-order valence-corrected chi connectivity index (χ4v) is 3.19. The van der Waals surface area contributed by atoms with Crippen LogP contribution < -0.4 is 5.32 Å². The number of alkyl carbamates (subject to hydrolysis) is 1. The largest absolute Gasteiger partial charge is 0.444 e. The van der Waals surface area contributed by atoms with Crippen LogP contribution in [0.5, 0.6) is 0 Å². The second-order valence-corrected chi connectivity index (χ2v) is 7.75. The van der Waals surface area contributed by atoms with Gasteiger partial charge in [0.05, 0.1) is 0 Å². The molecule has 0 spiro atoms. The molecule has 1 amide bonds. The first-order chi connectivity index (χ1) is 10.7. The van der Waals surface area contributed by atoms with Crippen LogP contribution in [0.1, 0.15) is 46.6 Å². The zero-order valence-electron chi connectivity index (χ0n) is 15.0. The monoisotopic (exact) mass is 318 g/mol. The van der Waals surface area contributed by atoms with Gasteiger partial charge in [-0.2, -0.15) is 0 Å². The molecule has 3 atom stereocenters. The molecule has 1 N–H and O–H groups in total. The molecule has 1 aromatic rings. The predicted molar refractivity (Wildman–Crippen MR) is 93.3 cm³/mol. The maximum atomic E-state index is 12.1. The Morgan fingerprint density at radius 1 is 1.26 bits per heavy atom. The normalized spacial score (nSPS) is 25.9. The summed E-state index contributed by atoms with van der Waals surface area (Å²) in [6.07, 6.45) is 0.675. The Bertz CT molecular complexity index is 510. The standard InChI is InChI=1S/C19H30N2O2/c1-14-11-17(20-18(22)23-19(3,4)5)15(2)21(12-14)13-16-9-7-6-8-10-16/h6-10,14-15,17H,11-13H2,1-5H3,(H,20,22). The first-order valence-electron chi connectivity index (χ1n) is 8.52. The maximum Gasteiger partial charge on any atom is 0.407 e. The molecule has 0 bridgehead atoms. The highest BCUT2D eigenvalue weighted by Crippen LogP contribution is 2.24. The number of carbonyl (C=O) groups excluding carboxylic acids is 1. The first-order valence-corrected chi connectivity index (χ1v) is 8.52. The number of rotatable bonds is 3. The molecular weight excluding hydrogens is 288 g/mol. The zero-order chi connectivity index (χ0) is 17.0. The number of ether oxygens (including phenoxy) is 1. The average molecular weight is 318 g/mol. The molecule has 0 radical (unpaired) electrons. The van der Waals surface area contributed by atoms with Crippen LogP contribution in [0.2, 0.25) is 0 Å². The van der Waals surface area contributed by atoms with E-state index in [1.165, 1.54) is 5.56 Å². The molecule has 3 unspecified atom stereocenters. The van der Waals surface area contributed by atoms with Gasteiger partial charge >= 0.3 is 6.09 Å². The quantitative estimate of drug-likeness (QED) is 0.921. The lowest BCUT2D eigenvalue weighted by Gasteiger charge is -2.42. The molecular formula is C19H30N2O2. The molecule has 0 aromatic heterocycles. The Morgan fingerprint density at radius 2 is 1.91 bits per heavy atom. The molecule has 1 aliphatic heterocycles. The molecule has 4 heteroatoms. The molecule has 0 saturated carbocycles. The van der Waals surface area contributed by atoms with Crippen molar-refractivity contribution in [1.29, 1.82) is 0 Å². The van der Waals surface area contributed by atoms with Crippen molar-refractivity contribution in [2.75, 3.05) is 6.54 Å². The summed E-state index contributed by atoms with van der Waals surface area (Å²) in [5, 5.41) is 3.07. The Morgan fingerprint density at radius 3 is 2.52 bits per heavy atom. The second kappa shape index (κ2) is 7.35. The van der Waals surface area contributed by atoms with E-state index in [0.717, 1.165) is 19.5 Å². The van der Waals surface area contributed by atoms with E-state index in [9.17, 15) is 4.79 Å². The van der Waals surface area contributed by atoms with E-state index < -0.39 is 5.60 Å². The Kier molecular flexibility index (Phi) is 5.69. The van der Waals surface area contributed by atoms with E-state index in [1.54, 1.807) is 0 Å². The molecule has 1 aliphatic rings. The third-order valence-corrected chi connectivity index (χ3v) is 4.29. The number of hydrogen-bond donors (Lipinski definition) is 1. The van der Waals surface area contributed by atoms with Crippen molar-refractivity contribution in [3.8, 4) is 0 Å². The number of nitrogens with zero attached hydrogens (tertiary/aromatic N) is 1. The van der Waals surface area contributed by atoms with Crippen LogP contribution in [0.25, 0.3) is 0 Å². The van der Waals surface area contributed by atoms with Gasteiger partial charge in [0.2, 0.25) is 0 Å². The molecule has 128 valence electrons. The van der Waals surface area contributed by atoms with E-state index in [-0.39, 0.29) is 12.1 Å². The highest BCUT2D eigenvalue weighted by molar-refractivity contribution is 5.68. The van der Waals surface area contributed by atoms with Crippen LogP contribution in [0, 0.1) is 5.92 Å². The van der Waals surface area contributed by atoms with Crippen molar-refractivity contribution in [2.24, 2.45) is 5.92 Å². The fourth-order valence-electron chi connectivity index (χ4n) is 3.19. The van der Waals surface area contributed by atoms with Gasteiger partial charge in [0, 0.05) is 25.2 Å². The van der Waals surface area contributed by atoms with E-state index in [4.69, 9.17) is 4.74 Å². The van der Waals surface area contributed by atoms with Crippen molar-refractivity contribution >= 4 is 6.09 Å². The highest BCUT2D eigenvalue weighted by Gasteiger charge is 2.33. The molecule has 23 heavy (non-hydrogen) atoms. The summed E-state index contributed by atoms with van der Waals surface area (Å²) >= 11 is 0. The Hall–Kier alpha value is -1.55. The summed E-state index contributed by atoms with van der Waals surface area (Å²) in [5.41, 5.74) is 0.849. The van der Waals surface area contributed by atoms with Gasteiger partial charge in [-0.15, -0.1) is 0 Å². The predicted octanol–water partition coefficient (Wildman–Crippen LogP) is 3.81. The van der Waals surface area contributed by atoms with Crippen LogP contribution in [0.15, 0.2) is 30.3 Å². The minimum Gasteiger partial charge on any atom is -0.444 e. The van der Waals surface area contributed by atoms with Crippen LogP contribution in [0.4, 0.5) is 4.79 Å².